The molecule has 0 aliphatic carbocycles. The lowest BCUT2D eigenvalue weighted by molar-refractivity contribution is -0.389. The second kappa shape index (κ2) is 6.10. The van der Waals surface area contributed by atoms with Crippen molar-refractivity contribution in [3.8, 4) is 0 Å². The summed E-state index contributed by atoms with van der Waals surface area (Å²) in [6.45, 7) is 1.52. The Kier molecular flexibility index (Phi) is 4.40. The van der Waals surface area contributed by atoms with Gasteiger partial charge in [0.1, 0.15) is 18.8 Å². The van der Waals surface area contributed by atoms with Gasteiger partial charge in [0, 0.05) is 27.0 Å². The van der Waals surface area contributed by atoms with Crippen LogP contribution in [0.1, 0.15) is 12.2 Å². The first-order chi connectivity index (χ1) is 10.3. The second-order valence-electron chi connectivity index (χ2n) is 5.02. The Morgan fingerprint density at radius 1 is 1.59 bits per heavy atom. The van der Waals surface area contributed by atoms with Crippen LogP contribution in [0.15, 0.2) is 6.20 Å². The summed E-state index contributed by atoms with van der Waals surface area (Å²) in [7, 11) is 1.46. The molecule has 1 aromatic heterocycles. The van der Waals surface area contributed by atoms with E-state index in [-0.39, 0.29) is 31.4 Å². The molecule has 2 heterocycles. The summed E-state index contributed by atoms with van der Waals surface area (Å²) in [5, 5.41) is 19.9. The fraction of sp³-hybridized carbons (Fsp3) is 0.583. The predicted octanol–water partition coefficient (Wildman–Crippen LogP) is -0.200. The predicted molar refractivity (Wildman–Crippen MR) is 72.2 cm³/mol. The smallest absolute Gasteiger partial charge is 0.381 e. The van der Waals surface area contributed by atoms with Gasteiger partial charge in [0.2, 0.25) is 11.7 Å². The van der Waals surface area contributed by atoms with Crippen molar-refractivity contribution in [3.63, 3.8) is 0 Å². The molecule has 1 saturated heterocycles. The van der Waals surface area contributed by atoms with Crippen molar-refractivity contribution in [1.29, 1.82) is 0 Å². The molecule has 2 rings (SSSR count). The van der Waals surface area contributed by atoms with Gasteiger partial charge in [0.15, 0.2) is 0 Å². The van der Waals surface area contributed by atoms with Crippen molar-refractivity contribution >= 4 is 17.7 Å². The monoisotopic (exact) mass is 312 g/mol. The maximum atomic E-state index is 12.3. The van der Waals surface area contributed by atoms with E-state index in [1.165, 1.54) is 23.5 Å². The Balaban J connectivity index is 2.14. The number of nitro groups is 1. The topological polar surface area (TPSA) is 128 Å². The maximum Gasteiger partial charge on any atom is 0.381 e. The van der Waals surface area contributed by atoms with E-state index in [0.29, 0.717) is 5.82 Å². The number of ether oxygens (including phenoxy) is 1. The number of hydrogen-bond donors (Lipinski definition) is 1. The number of carbonyl (C=O) groups is 2. The molecule has 0 saturated carbocycles. The first kappa shape index (κ1) is 15.9. The van der Waals surface area contributed by atoms with Crippen LogP contribution in [-0.2, 0) is 20.9 Å². The van der Waals surface area contributed by atoms with Crippen LogP contribution in [0.25, 0.3) is 0 Å². The van der Waals surface area contributed by atoms with E-state index in [0.717, 1.165) is 6.20 Å². The molecule has 1 aromatic rings. The third kappa shape index (κ3) is 3.06. The van der Waals surface area contributed by atoms with Crippen molar-refractivity contribution in [3.05, 3.63) is 22.1 Å². The maximum absolute atomic E-state index is 12.3. The summed E-state index contributed by atoms with van der Waals surface area (Å²) in [6.07, 6.45) is 1.05. The van der Waals surface area contributed by atoms with Crippen LogP contribution in [0.4, 0.5) is 5.82 Å². The molecule has 0 radical (unpaired) electrons. The van der Waals surface area contributed by atoms with Crippen molar-refractivity contribution in [2.24, 2.45) is 0 Å². The number of carbonyl (C=O) groups excluding carboxylic acids is 1. The summed E-state index contributed by atoms with van der Waals surface area (Å²) in [5.74, 6) is -1.57. The summed E-state index contributed by atoms with van der Waals surface area (Å²) in [5.41, 5.74) is 0. The van der Waals surface area contributed by atoms with Crippen molar-refractivity contribution < 1.29 is 24.4 Å². The number of aliphatic carboxylic acids is 1. The number of rotatable bonds is 5. The molecule has 2 unspecified atom stereocenters. The van der Waals surface area contributed by atoms with Crippen LogP contribution < -0.4 is 0 Å². The van der Waals surface area contributed by atoms with E-state index in [4.69, 9.17) is 4.74 Å². The van der Waals surface area contributed by atoms with Crippen molar-refractivity contribution in [2.75, 3.05) is 13.7 Å². The Morgan fingerprint density at radius 3 is 2.77 bits per heavy atom. The largest absolute Gasteiger partial charge is 0.480 e. The molecule has 10 heteroatoms. The summed E-state index contributed by atoms with van der Waals surface area (Å²) < 4.78 is 6.45. The lowest BCUT2D eigenvalue weighted by atomic mass is 10.2. The van der Waals surface area contributed by atoms with E-state index in [1.807, 2.05) is 0 Å². The highest BCUT2D eigenvalue weighted by atomic mass is 16.6. The molecule has 1 fully saturated rings. The highest BCUT2D eigenvalue weighted by Crippen LogP contribution is 2.21. The Hall–Kier alpha value is -2.49. The van der Waals surface area contributed by atoms with Crippen LogP contribution in [-0.4, -0.2) is 62.2 Å². The zero-order valence-corrected chi connectivity index (χ0v) is 12.1. The minimum Gasteiger partial charge on any atom is -0.480 e. The van der Waals surface area contributed by atoms with Gasteiger partial charge in [-0.1, -0.05) is 0 Å². The highest BCUT2D eigenvalue weighted by Gasteiger charge is 2.39. The average molecular weight is 312 g/mol. The molecule has 120 valence electrons. The van der Waals surface area contributed by atoms with E-state index < -0.39 is 22.8 Å². The van der Waals surface area contributed by atoms with Gasteiger partial charge in [-0.25, -0.2) is 4.79 Å². The molecule has 10 nitrogen and oxygen atoms in total. The number of amides is 1. The SMILES string of the molecule is COC1CC(C(=O)O)N(C(=O)Cn2cc([N+](=O)[O-])nc2C)C1. The number of carboxylic acids is 1. The molecule has 1 aliphatic heterocycles. The van der Waals surface area contributed by atoms with Gasteiger partial charge in [0.05, 0.1) is 6.10 Å². The van der Waals surface area contributed by atoms with Crippen LogP contribution >= 0.6 is 0 Å². The molecule has 1 amide bonds. The fourth-order valence-corrected chi connectivity index (χ4v) is 2.45. The molecule has 22 heavy (non-hydrogen) atoms. The highest BCUT2D eigenvalue weighted by molar-refractivity contribution is 5.84. The van der Waals surface area contributed by atoms with E-state index in [2.05, 4.69) is 4.98 Å². The number of carboxylic acid groups (broad SMARTS) is 1. The normalized spacial score (nSPS) is 21.1. The molecule has 2 atom stereocenters. The standard InChI is InChI=1S/C12H16N4O6/c1-7-13-10(16(20)21)5-14(7)6-11(17)15-4-8(22-2)3-9(15)12(18)19/h5,8-9H,3-4,6H2,1-2H3,(H,18,19). The van der Waals surface area contributed by atoms with E-state index in [1.54, 1.807) is 0 Å². The third-order valence-electron chi connectivity index (χ3n) is 3.66. The van der Waals surface area contributed by atoms with Crippen molar-refractivity contribution in [2.45, 2.75) is 32.0 Å². The molecule has 1 aliphatic rings. The first-order valence-electron chi connectivity index (χ1n) is 6.56. The molecule has 0 spiro atoms. The summed E-state index contributed by atoms with van der Waals surface area (Å²) >= 11 is 0. The lowest BCUT2D eigenvalue weighted by Crippen LogP contribution is -2.42. The number of hydrogen-bond acceptors (Lipinski definition) is 6. The van der Waals surface area contributed by atoms with Crippen LogP contribution in [0.3, 0.4) is 0 Å². The summed E-state index contributed by atoms with van der Waals surface area (Å²) in [6, 6.07) is -0.948. The zero-order chi connectivity index (χ0) is 16.4. The van der Waals surface area contributed by atoms with Gasteiger partial charge >= 0.3 is 11.8 Å². The molecule has 1 N–H and O–H groups in total. The molecule has 0 aromatic carbocycles. The third-order valence-corrected chi connectivity index (χ3v) is 3.66. The second-order valence-corrected chi connectivity index (χ2v) is 5.02. The Labute approximate surface area is 125 Å². The van der Waals surface area contributed by atoms with Crippen LogP contribution in [0.2, 0.25) is 0 Å². The van der Waals surface area contributed by atoms with E-state index in [9.17, 15) is 24.8 Å². The zero-order valence-electron chi connectivity index (χ0n) is 12.1. The molecule has 0 bridgehead atoms. The van der Waals surface area contributed by atoms with Gasteiger partial charge < -0.3 is 24.9 Å². The van der Waals surface area contributed by atoms with Gasteiger partial charge in [-0.2, -0.15) is 0 Å². The molecular weight excluding hydrogens is 296 g/mol. The number of methoxy groups -OCH3 is 1. The van der Waals surface area contributed by atoms with Gasteiger partial charge in [-0.3, -0.25) is 9.36 Å². The fourth-order valence-electron chi connectivity index (χ4n) is 2.45. The number of imidazole rings is 1. The minimum atomic E-state index is -1.10. The van der Waals surface area contributed by atoms with Gasteiger partial charge in [0.25, 0.3) is 0 Å². The van der Waals surface area contributed by atoms with Crippen molar-refractivity contribution in [1.82, 2.24) is 14.5 Å². The number of likely N-dealkylation sites (tertiary alicyclic amines) is 1. The van der Waals surface area contributed by atoms with Gasteiger partial charge in [-0.15, -0.1) is 0 Å². The Morgan fingerprint density at radius 2 is 2.27 bits per heavy atom. The number of aryl methyl sites for hydroxylation is 1. The van der Waals surface area contributed by atoms with Gasteiger partial charge in [-0.05, 0) is 9.91 Å². The quantitative estimate of drug-likeness (QED) is 0.589. The summed E-state index contributed by atoms with van der Waals surface area (Å²) in [4.78, 5) is 38.5. The van der Waals surface area contributed by atoms with Crippen LogP contribution in [0.5, 0.6) is 0 Å². The number of nitrogens with zero attached hydrogens (tertiary/aromatic N) is 4. The lowest BCUT2D eigenvalue weighted by Gasteiger charge is -2.21. The average Bonchev–Trinajstić information content (AvgIpc) is 3.03. The number of aromatic nitrogens is 2. The van der Waals surface area contributed by atoms with Crippen LogP contribution in [0, 0.1) is 17.0 Å². The minimum absolute atomic E-state index is 0.183. The molecular formula is C12H16N4O6. The first-order valence-corrected chi connectivity index (χ1v) is 6.56. The Bertz CT molecular complexity index is 613. The van der Waals surface area contributed by atoms with E-state index >= 15 is 0 Å².